The monoisotopic (exact) mass is 254 g/mol. The molecule has 2 rings (SSSR count). The van der Waals surface area contributed by atoms with Gasteiger partial charge in [-0.1, -0.05) is 18.6 Å². The maximum absolute atomic E-state index is 11.1. The molecule has 0 aromatic heterocycles. The smallest absolute Gasteiger partial charge is 0.229 e. The Hall–Kier alpha value is -1.07. The molecule has 0 aliphatic carbocycles. The fraction of sp³-hybridized carbons (Fsp3) is 0.500. The second-order valence-electron chi connectivity index (χ2n) is 4.50. The van der Waals surface area contributed by atoms with Crippen LogP contribution in [0.2, 0.25) is 0 Å². The van der Waals surface area contributed by atoms with Gasteiger partial charge in [-0.05, 0) is 37.1 Å². The quantitative estimate of drug-likeness (QED) is 0.865. The van der Waals surface area contributed by atoms with E-state index in [0.717, 1.165) is 19.2 Å². The van der Waals surface area contributed by atoms with Crippen molar-refractivity contribution in [2.24, 2.45) is 0 Å². The summed E-state index contributed by atoms with van der Waals surface area (Å²) in [5, 5.41) is 3.46. The number of sulfonamides is 1. The molecule has 1 fully saturated rings. The Morgan fingerprint density at radius 2 is 1.94 bits per heavy atom. The molecule has 0 amide bonds. The number of rotatable bonds is 3. The second kappa shape index (κ2) is 5.06. The highest BCUT2D eigenvalue weighted by atomic mass is 32.2. The fourth-order valence-electron chi connectivity index (χ4n) is 2.13. The van der Waals surface area contributed by atoms with Crippen LogP contribution in [0.4, 0.5) is 5.69 Å². The van der Waals surface area contributed by atoms with Gasteiger partial charge >= 0.3 is 0 Å². The topological polar surface area (TPSA) is 58.2 Å². The third kappa shape index (κ3) is 3.71. The molecule has 1 heterocycles. The van der Waals surface area contributed by atoms with Gasteiger partial charge in [0.25, 0.3) is 0 Å². The first kappa shape index (κ1) is 12.4. The molecule has 1 aliphatic rings. The summed E-state index contributed by atoms with van der Waals surface area (Å²) >= 11 is 0. The van der Waals surface area contributed by atoms with E-state index >= 15 is 0 Å². The number of piperidine rings is 1. The average molecular weight is 254 g/mol. The van der Waals surface area contributed by atoms with Crippen molar-refractivity contribution in [3.05, 3.63) is 29.8 Å². The van der Waals surface area contributed by atoms with E-state index in [-0.39, 0.29) is 0 Å². The molecule has 0 bridgehead atoms. The summed E-state index contributed by atoms with van der Waals surface area (Å²) in [6.45, 7) is 1.06. The molecule has 1 aromatic carbocycles. The molecule has 4 nitrogen and oxygen atoms in total. The minimum atomic E-state index is -3.18. The Kier molecular flexibility index (Phi) is 3.69. The van der Waals surface area contributed by atoms with Crippen LogP contribution in [-0.4, -0.2) is 21.2 Å². The van der Waals surface area contributed by atoms with Crippen molar-refractivity contribution in [3.63, 3.8) is 0 Å². The Balaban J connectivity index is 2.07. The average Bonchev–Trinajstić information content (AvgIpc) is 2.29. The van der Waals surface area contributed by atoms with Crippen molar-refractivity contribution >= 4 is 15.7 Å². The van der Waals surface area contributed by atoms with E-state index in [4.69, 9.17) is 0 Å². The van der Waals surface area contributed by atoms with Crippen LogP contribution in [0.25, 0.3) is 0 Å². The molecule has 1 saturated heterocycles. The third-order valence-corrected chi connectivity index (χ3v) is 3.53. The van der Waals surface area contributed by atoms with Crippen LogP contribution in [-0.2, 0) is 10.0 Å². The zero-order valence-corrected chi connectivity index (χ0v) is 10.8. The molecule has 5 heteroatoms. The lowest BCUT2D eigenvalue weighted by Crippen LogP contribution is -2.26. The van der Waals surface area contributed by atoms with Gasteiger partial charge < -0.3 is 5.32 Å². The molecule has 1 aliphatic heterocycles. The number of nitrogens with one attached hydrogen (secondary N) is 2. The summed E-state index contributed by atoms with van der Waals surface area (Å²) in [4.78, 5) is 0. The van der Waals surface area contributed by atoms with Gasteiger partial charge in [0.05, 0.1) is 6.26 Å². The molecule has 2 N–H and O–H groups in total. The molecule has 0 saturated carbocycles. The summed E-state index contributed by atoms with van der Waals surface area (Å²) in [6, 6.07) is 8.00. The molecule has 1 unspecified atom stereocenters. The lowest BCUT2D eigenvalue weighted by Gasteiger charge is -2.23. The standard InChI is InChI=1S/C12H18N2O2S/c1-17(15,16)14-11-7-5-10(6-8-11)12-4-2-3-9-13-12/h5-8,12-14H,2-4,9H2,1H3. The molecule has 0 radical (unpaired) electrons. The SMILES string of the molecule is CS(=O)(=O)Nc1ccc(C2CCCCN2)cc1. The molecular weight excluding hydrogens is 236 g/mol. The van der Waals surface area contributed by atoms with Gasteiger partial charge in [0.1, 0.15) is 0 Å². The van der Waals surface area contributed by atoms with E-state index in [0.29, 0.717) is 11.7 Å². The van der Waals surface area contributed by atoms with Crippen molar-refractivity contribution < 1.29 is 8.42 Å². The highest BCUT2D eigenvalue weighted by molar-refractivity contribution is 7.92. The fourth-order valence-corrected chi connectivity index (χ4v) is 2.70. The summed E-state index contributed by atoms with van der Waals surface area (Å²) in [7, 11) is -3.18. The van der Waals surface area contributed by atoms with Gasteiger partial charge in [-0.15, -0.1) is 0 Å². The van der Waals surface area contributed by atoms with Gasteiger partial charge in [0.2, 0.25) is 10.0 Å². The van der Waals surface area contributed by atoms with E-state index in [2.05, 4.69) is 10.0 Å². The maximum Gasteiger partial charge on any atom is 0.229 e. The van der Waals surface area contributed by atoms with Gasteiger partial charge in [-0.2, -0.15) is 0 Å². The zero-order valence-electron chi connectivity index (χ0n) is 9.94. The van der Waals surface area contributed by atoms with Crippen LogP contribution in [0.3, 0.4) is 0 Å². The van der Waals surface area contributed by atoms with Crippen LogP contribution in [0.1, 0.15) is 30.9 Å². The number of hydrogen-bond donors (Lipinski definition) is 2. The van der Waals surface area contributed by atoms with E-state index in [1.54, 1.807) is 0 Å². The molecular formula is C12H18N2O2S. The first-order valence-corrected chi connectivity index (χ1v) is 7.75. The van der Waals surface area contributed by atoms with E-state index in [1.807, 2.05) is 24.3 Å². The number of hydrogen-bond acceptors (Lipinski definition) is 3. The zero-order chi connectivity index (χ0) is 12.3. The number of benzene rings is 1. The summed E-state index contributed by atoms with van der Waals surface area (Å²) in [5.41, 5.74) is 1.84. The second-order valence-corrected chi connectivity index (χ2v) is 6.25. The van der Waals surface area contributed by atoms with Crippen molar-refractivity contribution in [3.8, 4) is 0 Å². The Bertz CT molecular complexity index is 462. The number of anilines is 1. The highest BCUT2D eigenvalue weighted by Crippen LogP contribution is 2.24. The van der Waals surface area contributed by atoms with Crippen molar-refractivity contribution in [2.75, 3.05) is 17.5 Å². The van der Waals surface area contributed by atoms with Crippen LogP contribution >= 0.6 is 0 Å². The van der Waals surface area contributed by atoms with Crippen LogP contribution in [0.15, 0.2) is 24.3 Å². The van der Waals surface area contributed by atoms with E-state index in [9.17, 15) is 8.42 Å². The molecule has 94 valence electrons. The van der Waals surface area contributed by atoms with Crippen LogP contribution < -0.4 is 10.0 Å². The Labute approximate surface area is 102 Å². The molecule has 0 spiro atoms. The first-order valence-electron chi connectivity index (χ1n) is 5.86. The van der Waals surface area contributed by atoms with Crippen molar-refractivity contribution in [2.45, 2.75) is 25.3 Å². The van der Waals surface area contributed by atoms with Gasteiger partial charge in [-0.25, -0.2) is 8.42 Å². The minimum absolute atomic E-state index is 0.413. The van der Waals surface area contributed by atoms with Gasteiger partial charge in [0.15, 0.2) is 0 Å². The summed E-state index contributed by atoms with van der Waals surface area (Å²) in [5.74, 6) is 0. The van der Waals surface area contributed by atoms with Crippen LogP contribution in [0, 0.1) is 0 Å². The largest absolute Gasteiger partial charge is 0.310 e. The Morgan fingerprint density at radius 3 is 2.47 bits per heavy atom. The lowest BCUT2D eigenvalue weighted by molar-refractivity contribution is 0.412. The summed E-state index contributed by atoms with van der Waals surface area (Å²) < 4.78 is 24.6. The van der Waals surface area contributed by atoms with E-state index in [1.165, 1.54) is 18.4 Å². The van der Waals surface area contributed by atoms with Gasteiger partial charge in [0, 0.05) is 11.7 Å². The normalized spacial score (nSPS) is 21.1. The van der Waals surface area contributed by atoms with Crippen molar-refractivity contribution in [1.29, 1.82) is 0 Å². The maximum atomic E-state index is 11.1. The summed E-state index contributed by atoms with van der Waals surface area (Å²) in [6.07, 6.45) is 4.80. The van der Waals surface area contributed by atoms with E-state index < -0.39 is 10.0 Å². The lowest BCUT2D eigenvalue weighted by atomic mass is 9.97. The first-order chi connectivity index (χ1) is 8.04. The molecule has 1 atom stereocenters. The van der Waals surface area contributed by atoms with Gasteiger partial charge in [-0.3, -0.25) is 4.72 Å². The highest BCUT2D eigenvalue weighted by Gasteiger charge is 2.14. The van der Waals surface area contributed by atoms with Crippen molar-refractivity contribution in [1.82, 2.24) is 5.32 Å². The predicted molar refractivity (Wildman–Crippen MR) is 69.5 cm³/mol. The predicted octanol–water partition coefficient (Wildman–Crippen LogP) is 1.87. The minimum Gasteiger partial charge on any atom is -0.310 e. The third-order valence-electron chi connectivity index (χ3n) is 2.93. The molecule has 17 heavy (non-hydrogen) atoms. The van der Waals surface area contributed by atoms with Crippen LogP contribution in [0.5, 0.6) is 0 Å². The Morgan fingerprint density at radius 1 is 1.24 bits per heavy atom. The molecule has 1 aromatic rings.